The van der Waals surface area contributed by atoms with E-state index in [-0.39, 0.29) is 0 Å². The predicted molar refractivity (Wildman–Crippen MR) is 390 cm³/mol. The lowest BCUT2D eigenvalue weighted by Crippen LogP contribution is -2.28. The van der Waals surface area contributed by atoms with E-state index in [2.05, 4.69) is 373 Å². The van der Waals surface area contributed by atoms with Crippen LogP contribution in [0.25, 0.3) is 144 Å². The van der Waals surface area contributed by atoms with E-state index in [0.717, 1.165) is 11.4 Å². The van der Waals surface area contributed by atoms with E-state index in [1.165, 1.54) is 155 Å². The second kappa shape index (κ2) is 22.1. The molecule has 1 aliphatic rings. The topological polar surface area (TPSA) is 9.86 Å². The van der Waals surface area contributed by atoms with Crippen LogP contribution in [0.3, 0.4) is 0 Å². The van der Waals surface area contributed by atoms with Gasteiger partial charge in [-0.1, -0.05) is 303 Å². The Kier molecular flexibility index (Phi) is 12.8. The maximum atomic E-state index is 2.46. The summed E-state index contributed by atoms with van der Waals surface area (Å²) >= 11 is 0. The van der Waals surface area contributed by atoms with Crippen molar-refractivity contribution in [1.82, 2.24) is 9.13 Å². The Labute approximate surface area is 541 Å². The van der Waals surface area contributed by atoms with Gasteiger partial charge in [0.15, 0.2) is 0 Å². The molecule has 0 fully saturated rings. The lowest BCUT2D eigenvalue weighted by molar-refractivity contribution is 0.769. The molecule has 0 unspecified atom stereocenters. The van der Waals surface area contributed by atoms with Gasteiger partial charge in [-0.25, -0.2) is 0 Å². The molecule has 0 atom stereocenters. The van der Waals surface area contributed by atoms with Gasteiger partial charge in [0, 0.05) is 32.8 Å². The number of nitrogens with zero attached hydrogens (tertiary/aromatic N) is 2. The van der Waals surface area contributed by atoms with Crippen molar-refractivity contribution < 1.29 is 0 Å². The van der Waals surface area contributed by atoms with Crippen molar-refractivity contribution in [2.45, 2.75) is 5.41 Å². The normalized spacial score (nSPS) is 12.4. The van der Waals surface area contributed by atoms with Crippen LogP contribution in [0.4, 0.5) is 0 Å². The van der Waals surface area contributed by atoms with Gasteiger partial charge in [0.1, 0.15) is 0 Å². The molecule has 0 saturated heterocycles. The molecule has 17 aromatic rings. The number of benzene rings is 15. The van der Waals surface area contributed by atoms with Gasteiger partial charge in [-0.2, -0.15) is 0 Å². The summed E-state index contributed by atoms with van der Waals surface area (Å²) in [6, 6.07) is 135. The molecule has 0 spiro atoms. The van der Waals surface area contributed by atoms with Crippen LogP contribution in [0.15, 0.2) is 364 Å². The van der Waals surface area contributed by atoms with Crippen molar-refractivity contribution in [2.24, 2.45) is 0 Å². The maximum absolute atomic E-state index is 2.46. The third-order valence-corrected chi connectivity index (χ3v) is 19.7. The number of hydrogen-bond acceptors (Lipinski definition) is 0. The number of para-hydroxylation sites is 3. The average molecular weight is 1180 g/mol. The smallest absolute Gasteiger partial charge is 0.0713 e. The molecular weight excluding hydrogens is 1120 g/mol. The maximum Gasteiger partial charge on any atom is 0.0713 e. The van der Waals surface area contributed by atoms with Crippen LogP contribution in [-0.2, 0) is 5.41 Å². The third kappa shape index (κ3) is 8.94. The first kappa shape index (κ1) is 53.9. The van der Waals surface area contributed by atoms with E-state index < -0.39 is 5.41 Å². The highest BCUT2D eigenvalue weighted by molar-refractivity contribution is 6.13. The minimum Gasteiger partial charge on any atom is -0.309 e. The largest absolute Gasteiger partial charge is 0.309 e. The molecule has 0 aliphatic heterocycles. The summed E-state index contributed by atoms with van der Waals surface area (Å²) in [5, 5.41) is 4.94. The van der Waals surface area contributed by atoms with Gasteiger partial charge in [-0.3, -0.25) is 0 Å². The summed E-state index contributed by atoms with van der Waals surface area (Å²) in [7, 11) is 0. The van der Waals surface area contributed by atoms with E-state index in [4.69, 9.17) is 0 Å². The lowest BCUT2D eigenvalue weighted by atomic mass is 9.67. The Morgan fingerprint density at radius 2 is 0.527 bits per heavy atom. The van der Waals surface area contributed by atoms with Crippen molar-refractivity contribution >= 4 is 43.6 Å². The highest BCUT2D eigenvalue weighted by atomic mass is 15.0. The first-order valence-corrected chi connectivity index (χ1v) is 32.2. The molecule has 2 heteroatoms. The summed E-state index contributed by atoms with van der Waals surface area (Å²) in [5.41, 5.74) is 30.9. The molecule has 2 aromatic heterocycles. The molecule has 2 nitrogen and oxygen atoms in total. The second-order valence-corrected chi connectivity index (χ2v) is 24.7. The van der Waals surface area contributed by atoms with Crippen molar-refractivity contribution in [3.63, 3.8) is 0 Å². The van der Waals surface area contributed by atoms with Gasteiger partial charge in [-0.05, 0) is 166 Å². The lowest BCUT2D eigenvalue weighted by Gasteiger charge is -2.34. The molecule has 18 rings (SSSR count). The van der Waals surface area contributed by atoms with Crippen LogP contribution >= 0.6 is 0 Å². The van der Waals surface area contributed by atoms with E-state index in [0.29, 0.717) is 0 Å². The van der Waals surface area contributed by atoms with Crippen LogP contribution < -0.4 is 0 Å². The van der Waals surface area contributed by atoms with Gasteiger partial charge in [-0.15, -0.1) is 0 Å². The van der Waals surface area contributed by atoms with E-state index >= 15 is 0 Å². The van der Waals surface area contributed by atoms with Gasteiger partial charge in [0.25, 0.3) is 0 Å². The molecule has 0 radical (unpaired) electrons. The molecule has 0 saturated carbocycles. The minimum absolute atomic E-state index is 0.524. The molecular formula is C91H60N2. The van der Waals surface area contributed by atoms with E-state index in [9.17, 15) is 0 Å². The zero-order chi connectivity index (χ0) is 61.4. The van der Waals surface area contributed by atoms with Crippen molar-refractivity contribution in [1.29, 1.82) is 0 Å². The summed E-state index contributed by atoms with van der Waals surface area (Å²) < 4.78 is 4.86. The number of rotatable bonds is 11. The summed E-state index contributed by atoms with van der Waals surface area (Å²) in [6.07, 6.45) is 0. The molecule has 15 aromatic carbocycles. The van der Waals surface area contributed by atoms with Gasteiger partial charge in [0.2, 0.25) is 0 Å². The highest BCUT2D eigenvalue weighted by Crippen LogP contribution is 2.57. The van der Waals surface area contributed by atoms with Crippen LogP contribution in [0.1, 0.15) is 22.3 Å². The van der Waals surface area contributed by atoms with Crippen LogP contribution in [-0.4, -0.2) is 9.13 Å². The zero-order valence-corrected chi connectivity index (χ0v) is 51.0. The average Bonchev–Trinajstić information content (AvgIpc) is 1.58. The van der Waals surface area contributed by atoms with Gasteiger partial charge >= 0.3 is 0 Å². The van der Waals surface area contributed by atoms with Crippen LogP contribution in [0.5, 0.6) is 0 Å². The fourth-order valence-electron chi connectivity index (χ4n) is 15.2. The van der Waals surface area contributed by atoms with Crippen molar-refractivity contribution in [3.05, 3.63) is 386 Å². The standard InChI is InChI=1S/C91H60N2/c1-3-18-61(19-4-1)63-34-36-65(37-35-63)67-46-52-74(53-47-67)91(84-29-12-7-25-78(84)79-26-8-13-30-85(79)91)75-23-17-22-71(58-75)69-40-38-64(39-41-69)66-42-44-70(45-43-66)77-24-9-14-31-86(77)93-88-33-16-11-28-81(88)83-60-73(51-57-90(83)93)72-50-56-89-82(59-72)80-27-10-15-32-87(80)92(89)76-54-48-68(49-55-76)62-20-5-2-6-21-62/h1-60H. The SMILES string of the molecule is c1ccc(-c2ccc(-c3ccc(C4(c5cccc(-c6ccc(-c7ccc(-c8ccccc8-n8c9ccccc9c9cc(-c%10ccc%11c(c%10)c%10ccccc%10n%11-c%10ccc(-c%11ccccc%11)cc%10)ccc98)cc7)cc6)c5)c5ccccc5-c5ccccc54)cc3)cc2)cc1. The Morgan fingerprint density at radius 3 is 1.05 bits per heavy atom. The summed E-state index contributed by atoms with van der Waals surface area (Å²) in [5.74, 6) is 0. The summed E-state index contributed by atoms with van der Waals surface area (Å²) in [6.45, 7) is 0. The molecule has 1 aliphatic carbocycles. The fraction of sp³-hybridized carbons (Fsp3) is 0.0110. The quantitative estimate of drug-likeness (QED) is 0.122. The molecule has 2 heterocycles. The van der Waals surface area contributed by atoms with Crippen LogP contribution in [0.2, 0.25) is 0 Å². The Hall–Kier alpha value is -12.1. The monoisotopic (exact) mass is 1180 g/mol. The van der Waals surface area contributed by atoms with Crippen LogP contribution in [0, 0.1) is 0 Å². The first-order valence-electron chi connectivity index (χ1n) is 32.2. The molecule has 0 N–H and O–H groups in total. The predicted octanol–water partition coefficient (Wildman–Crippen LogP) is 23.9. The molecule has 0 amide bonds. The van der Waals surface area contributed by atoms with E-state index in [1.807, 2.05) is 0 Å². The first-order chi connectivity index (χ1) is 46.1. The molecule has 434 valence electrons. The third-order valence-electron chi connectivity index (χ3n) is 19.7. The summed E-state index contributed by atoms with van der Waals surface area (Å²) in [4.78, 5) is 0. The number of aromatic nitrogens is 2. The highest BCUT2D eigenvalue weighted by Gasteiger charge is 2.46. The van der Waals surface area contributed by atoms with E-state index in [1.54, 1.807) is 0 Å². The molecule has 93 heavy (non-hydrogen) atoms. The second-order valence-electron chi connectivity index (χ2n) is 24.7. The fourth-order valence-corrected chi connectivity index (χ4v) is 15.2. The Bertz CT molecular complexity index is 5630. The zero-order valence-electron chi connectivity index (χ0n) is 51.0. The van der Waals surface area contributed by atoms with Crippen molar-refractivity contribution in [2.75, 3.05) is 0 Å². The number of hydrogen-bond donors (Lipinski definition) is 0. The molecule has 0 bridgehead atoms. The Balaban J connectivity index is 0.646. The van der Waals surface area contributed by atoms with Gasteiger partial charge < -0.3 is 9.13 Å². The van der Waals surface area contributed by atoms with Crippen molar-refractivity contribution in [3.8, 4) is 100 Å². The van der Waals surface area contributed by atoms with Gasteiger partial charge in [0.05, 0.1) is 33.2 Å². The minimum atomic E-state index is -0.524. The number of fused-ring (bicyclic) bond motifs is 9. The Morgan fingerprint density at radius 1 is 0.183 bits per heavy atom.